The largest absolute Gasteiger partial charge is 0.496 e. The Bertz CT molecular complexity index is 656. The average molecular weight is 324 g/mol. The van der Waals surface area contributed by atoms with E-state index in [1.54, 1.807) is 13.2 Å². The molecule has 0 radical (unpaired) electrons. The van der Waals surface area contributed by atoms with Crippen molar-refractivity contribution in [3.8, 4) is 5.75 Å². The van der Waals surface area contributed by atoms with Gasteiger partial charge in [0.2, 0.25) is 0 Å². The highest BCUT2D eigenvalue weighted by Crippen LogP contribution is 2.16. The van der Waals surface area contributed by atoms with Crippen molar-refractivity contribution in [2.75, 3.05) is 7.11 Å². The first kappa shape index (κ1) is 17.6. The van der Waals surface area contributed by atoms with Crippen LogP contribution in [-0.2, 0) is 13.0 Å². The van der Waals surface area contributed by atoms with E-state index < -0.39 is 0 Å². The van der Waals surface area contributed by atoms with Crippen LogP contribution in [0.25, 0.3) is 0 Å². The SMILES string of the molecule is C=C[C@@H](CCc1ccccc1)NC(=O)NCc1ccccc1OC. The summed E-state index contributed by atoms with van der Waals surface area (Å²) in [6, 6.07) is 17.6. The lowest BCUT2D eigenvalue weighted by atomic mass is 10.1. The fourth-order valence-electron chi connectivity index (χ4n) is 2.46. The zero-order valence-corrected chi connectivity index (χ0v) is 14.0. The summed E-state index contributed by atoms with van der Waals surface area (Å²) < 4.78 is 5.28. The van der Waals surface area contributed by atoms with Crippen LogP contribution in [-0.4, -0.2) is 19.2 Å². The molecule has 0 aliphatic rings. The number of benzene rings is 2. The van der Waals surface area contributed by atoms with Gasteiger partial charge in [-0.2, -0.15) is 0 Å². The number of hydrogen-bond acceptors (Lipinski definition) is 2. The first-order chi connectivity index (χ1) is 11.7. The van der Waals surface area contributed by atoms with Crippen LogP contribution < -0.4 is 15.4 Å². The van der Waals surface area contributed by atoms with E-state index in [-0.39, 0.29) is 12.1 Å². The van der Waals surface area contributed by atoms with Gasteiger partial charge in [0.25, 0.3) is 0 Å². The molecule has 0 aliphatic heterocycles. The summed E-state index contributed by atoms with van der Waals surface area (Å²) in [7, 11) is 1.62. The molecule has 0 aliphatic carbocycles. The molecule has 0 saturated heterocycles. The van der Waals surface area contributed by atoms with Gasteiger partial charge in [-0.25, -0.2) is 4.79 Å². The van der Waals surface area contributed by atoms with Crippen molar-refractivity contribution in [1.82, 2.24) is 10.6 Å². The molecular formula is C20H24N2O2. The van der Waals surface area contributed by atoms with E-state index in [4.69, 9.17) is 4.74 Å². The molecule has 1 atom stereocenters. The predicted octanol–water partition coefficient (Wildman–Crippen LogP) is 3.68. The molecule has 2 aromatic rings. The quantitative estimate of drug-likeness (QED) is 0.728. The molecule has 0 saturated carbocycles. The molecule has 2 N–H and O–H groups in total. The number of hydrogen-bond donors (Lipinski definition) is 2. The fraction of sp³-hybridized carbons (Fsp3) is 0.250. The van der Waals surface area contributed by atoms with Crippen LogP contribution in [0.2, 0.25) is 0 Å². The topological polar surface area (TPSA) is 50.4 Å². The Morgan fingerprint density at radius 1 is 1.17 bits per heavy atom. The first-order valence-electron chi connectivity index (χ1n) is 8.05. The second-order valence-corrected chi connectivity index (χ2v) is 5.51. The van der Waals surface area contributed by atoms with Gasteiger partial charge in [-0.05, 0) is 24.5 Å². The highest BCUT2D eigenvalue weighted by atomic mass is 16.5. The summed E-state index contributed by atoms with van der Waals surface area (Å²) in [5, 5.41) is 5.79. The normalized spacial score (nSPS) is 11.4. The summed E-state index contributed by atoms with van der Waals surface area (Å²) in [6.07, 6.45) is 3.48. The number of carbonyl (C=O) groups is 1. The third-order valence-electron chi connectivity index (χ3n) is 3.82. The highest BCUT2D eigenvalue weighted by molar-refractivity contribution is 5.74. The Kier molecular flexibility index (Phi) is 6.90. The second kappa shape index (κ2) is 9.40. The Balaban J connectivity index is 1.80. The third kappa shape index (κ3) is 5.47. The van der Waals surface area contributed by atoms with Crippen molar-refractivity contribution < 1.29 is 9.53 Å². The van der Waals surface area contributed by atoms with Crippen LogP contribution in [0.4, 0.5) is 4.79 Å². The van der Waals surface area contributed by atoms with E-state index >= 15 is 0 Å². The lowest BCUT2D eigenvalue weighted by molar-refractivity contribution is 0.238. The van der Waals surface area contributed by atoms with E-state index in [1.165, 1.54) is 5.56 Å². The van der Waals surface area contributed by atoms with Crippen molar-refractivity contribution in [2.45, 2.75) is 25.4 Å². The van der Waals surface area contributed by atoms with Crippen molar-refractivity contribution in [3.63, 3.8) is 0 Å². The van der Waals surface area contributed by atoms with E-state index in [0.29, 0.717) is 6.54 Å². The summed E-state index contributed by atoms with van der Waals surface area (Å²) in [6.45, 7) is 4.22. The van der Waals surface area contributed by atoms with Gasteiger partial charge in [0.05, 0.1) is 7.11 Å². The van der Waals surface area contributed by atoms with Gasteiger partial charge in [-0.1, -0.05) is 54.6 Å². The van der Waals surface area contributed by atoms with Gasteiger partial charge in [0.15, 0.2) is 0 Å². The molecular weight excluding hydrogens is 300 g/mol. The summed E-state index contributed by atoms with van der Waals surface area (Å²) in [4.78, 5) is 12.1. The summed E-state index contributed by atoms with van der Waals surface area (Å²) in [5.41, 5.74) is 2.19. The van der Waals surface area contributed by atoms with Crippen LogP contribution in [0.5, 0.6) is 5.75 Å². The lowest BCUT2D eigenvalue weighted by Crippen LogP contribution is -2.41. The molecule has 0 spiro atoms. The standard InChI is InChI=1S/C20H24N2O2/c1-3-18(14-13-16-9-5-4-6-10-16)22-20(23)21-15-17-11-7-8-12-19(17)24-2/h3-12,18H,1,13-15H2,2H3,(H2,21,22,23)/t18-/m0/s1. The zero-order valence-electron chi connectivity index (χ0n) is 14.0. The van der Waals surface area contributed by atoms with E-state index in [9.17, 15) is 4.79 Å². The van der Waals surface area contributed by atoms with E-state index in [0.717, 1.165) is 24.2 Å². The molecule has 2 aromatic carbocycles. The van der Waals surface area contributed by atoms with Crippen molar-refractivity contribution in [1.29, 1.82) is 0 Å². The number of para-hydroxylation sites is 1. The molecule has 126 valence electrons. The minimum Gasteiger partial charge on any atom is -0.496 e. The van der Waals surface area contributed by atoms with Gasteiger partial charge < -0.3 is 15.4 Å². The molecule has 2 amide bonds. The van der Waals surface area contributed by atoms with Crippen molar-refractivity contribution >= 4 is 6.03 Å². The number of nitrogens with one attached hydrogen (secondary N) is 2. The maximum atomic E-state index is 12.1. The first-order valence-corrected chi connectivity index (χ1v) is 8.05. The van der Waals surface area contributed by atoms with E-state index in [1.807, 2.05) is 42.5 Å². The third-order valence-corrected chi connectivity index (χ3v) is 3.82. The Labute approximate surface area is 143 Å². The van der Waals surface area contributed by atoms with Crippen molar-refractivity contribution in [2.24, 2.45) is 0 Å². The number of urea groups is 1. The minimum atomic E-state index is -0.209. The second-order valence-electron chi connectivity index (χ2n) is 5.51. The minimum absolute atomic E-state index is 0.0668. The smallest absolute Gasteiger partial charge is 0.315 e. The Morgan fingerprint density at radius 3 is 2.58 bits per heavy atom. The Hall–Kier alpha value is -2.75. The molecule has 0 unspecified atom stereocenters. The van der Waals surface area contributed by atoms with Crippen LogP contribution in [0, 0.1) is 0 Å². The summed E-state index contributed by atoms with van der Waals surface area (Å²) in [5.74, 6) is 0.766. The molecule has 0 heterocycles. The van der Waals surface area contributed by atoms with Crippen molar-refractivity contribution in [3.05, 3.63) is 78.4 Å². The van der Waals surface area contributed by atoms with Gasteiger partial charge >= 0.3 is 6.03 Å². The maximum absolute atomic E-state index is 12.1. The van der Waals surface area contributed by atoms with Gasteiger partial charge in [-0.15, -0.1) is 6.58 Å². The number of ether oxygens (including phenoxy) is 1. The molecule has 0 aromatic heterocycles. The zero-order chi connectivity index (χ0) is 17.2. The lowest BCUT2D eigenvalue weighted by Gasteiger charge is -2.16. The van der Waals surface area contributed by atoms with Gasteiger partial charge in [-0.3, -0.25) is 0 Å². The molecule has 24 heavy (non-hydrogen) atoms. The number of rotatable bonds is 8. The number of carbonyl (C=O) groups excluding carboxylic acids is 1. The van der Waals surface area contributed by atoms with Crippen LogP contribution in [0.15, 0.2) is 67.3 Å². The average Bonchev–Trinajstić information content (AvgIpc) is 2.64. The van der Waals surface area contributed by atoms with Crippen LogP contribution in [0.1, 0.15) is 17.5 Å². The Morgan fingerprint density at radius 2 is 1.88 bits per heavy atom. The molecule has 4 nitrogen and oxygen atoms in total. The fourth-order valence-corrected chi connectivity index (χ4v) is 2.46. The molecule has 2 rings (SSSR count). The monoisotopic (exact) mass is 324 g/mol. The number of methoxy groups -OCH3 is 1. The number of aryl methyl sites for hydroxylation is 1. The van der Waals surface area contributed by atoms with Gasteiger partial charge in [0, 0.05) is 18.2 Å². The van der Waals surface area contributed by atoms with Crippen LogP contribution >= 0.6 is 0 Å². The number of amides is 2. The van der Waals surface area contributed by atoms with Crippen LogP contribution in [0.3, 0.4) is 0 Å². The van der Waals surface area contributed by atoms with Gasteiger partial charge in [0.1, 0.15) is 5.75 Å². The maximum Gasteiger partial charge on any atom is 0.315 e. The summed E-state index contributed by atoms with van der Waals surface area (Å²) >= 11 is 0. The van der Waals surface area contributed by atoms with E-state index in [2.05, 4.69) is 29.3 Å². The predicted molar refractivity (Wildman–Crippen MR) is 97.1 cm³/mol. The molecule has 4 heteroatoms. The molecule has 0 bridgehead atoms. The highest BCUT2D eigenvalue weighted by Gasteiger charge is 2.10. The molecule has 0 fully saturated rings.